The summed E-state index contributed by atoms with van der Waals surface area (Å²) in [4.78, 5) is 4.65. The SMILES string of the molecule is Cc1ccc2cc3c(cc2n1)C1CNCC3C1.Cl. The molecule has 3 heteroatoms. The molecule has 18 heavy (non-hydrogen) atoms. The van der Waals surface area contributed by atoms with Crippen molar-refractivity contribution in [1.29, 1.82) is 0 Å². The van der Waals surface area contributed by atoms with E-state index in [2.05, 4.69) is 41.5 Å². The first kappa shape index (κ1) is 11.9. The van der Waals surface area contributed by atoms with Crippen molar-refractivity contribution < 1.29 is 0 Å². The third-order valence-corrected chi connectivity index (χ3v) is 4.26. The maximum Gasteiger partial charge on any atom is 0.0708 e. The largest absolute Gasteiger partial charge is 0.316 e. The van der Waals surface area contributed by atoms with Crippen LogP contribution in [0.2, 0.25) is 0 Å². The van der Waals surface area contributed by atoms with Crippen molar-refractivity contribution in [3.8, 4) is 0 Å². The van der Waals surface area contributed by atoms with E-state index in [0.717, 1.165) is 36.1 Å². The van der Waals surface area contributed by atoms with Gasteiger partial charge in [-0.3, -0.25) is 4.98 Å². The highest BCUT2D eigenvalue weighted by atomic mass is 35.5. The number of hydrogen-bond acceptors (Lipinski definition) is 2. The number of rotatable bonds is 0. The van der Waals surface area contributed by atoms with Gasteiger partial charge in [-0.25, -0.2) is 0 Å². The van der Waals surface area contributed by atoms with Gasteiger partial charge in [-0.15, -0.1) is 12.4 Å². The summed E-state index contributed by atoms with van der Waals surface area (Å²) in [7, 11) is 0. The second-order valence-electron chi connectivity index (χ2n) is 5.41. The molecule has 2 heterocycles. The lowest BCUT2D eigenvalue weighted by Gasteiger charge is -2.19. The molecule has 2 nitrogen and oxygen atoms in total. The molecule has 2 aromatic rings. The number of halogens is 1. The number of aryl methyl sites for hydroxylation is 1. The molecular weight excluding hydrogens is 244 g/mol. The third kappa shape index (κ3) is 1.63. The molecule has 2 bridgehead atoms. The van der Waals surface area contributed by atoms with E-state index in [-0.39, 0.29) is 12.4 Å². The Labute approximate surface area is 113 Å². The number of nitrogens with zero attached hydrogens (tertiary/aromatic N) is 1. The van der Waals surface area contributed by atoms with Crippen LogP contribution in [0.5, 0.6) is 0 Å². The highest BCUT2D eigenvalue weighted by molar-refractivity contribution is 5.85. The maximum absolute atomic E-state index is 4.65. The molecule has 0 radical (unpaired) electrons. The molecule has 2 atom stereocenters. The van der Waals surface area contributed by atoms with Gasteiger partial charge >= 0.3 is 0 Å². The van der Waals surface area contributed by atoms with Crippen LogP contribution in [-0.4, -0.2) is 18.1 Å². The number of piperidine rings is 1. The van der Waals surface area contributed by atoms with E-state index in [1.54, 1.807) is 11.1 Å². The minimum absolute atomic E-state index is 0. The molecule has 94 valence electrons. The molecule has 0 spiro atoms. The van der Waals surface area contributed by atoms with Crippen molar-refractivity contribution in [3.05, 3.63) is 41.1 Å². The van der Waals surface area contributed by atoms with Crippen LogP contribution in [0.25, 0.3) is 10.9 Å². The number of benzene rings is 1. The first-order chi connectivity index (χ1) is 8.31. The normalized spacial score (nSPS) is 24.7. The quantitative estimate of drug-likeness (QED) is 0.787. The summed E-state index contributed by atoms with van der Waals surface area (Å²) in [6.45, 7) is 4.35. The molecule has 2 unspecified atom stereocenters. The average molecular weight is 261 g/mol. The number of nitrogens with one attached hydrogen (secondary N) is 1. The lowest BCUT2D eigenvalue weighted by molar-refractivity contribution is 0.454. The highest BCUT2D eigenvalue weighted by Gasteiger charge is 2.34. The van der Waals surface area contributed by atoms with Crippen molar-refractivity contribution in [2.24, 2.45) is 0 Å². The zero-order chi connectivity index (χ0) is 11.4. The van der Waals surface area contributed by atoms with Gasteiger partial charge in [0.15, 0.2) is 0 Å². The standard InChI is InChI=1S/C15H16N2.ClH/c1-9-2-3-10-5-13-11-4-12(8-16-7-11)14(13)6-15(10)17-9;/h2-3,5-6,11-12,16H,4,7-8H2,1H3;1H. The van der Waals surface area contributed by atoms with Gasteiger partial charge in [-0.1, -0.05) is 6.07 Å². The molecule has 1 saturated heterocycles. The van der Waals surface area contributed by atoms with Crippen LogP contribution in [0, 0.1) is 6.92 Å². The molecular formula is C15H17ClN2. The Hall–Kier alpha value is -1.12. The van der Waals surface area contributed by atoms with Crippen LogP contribution in [-0.2, 0) is 0 Å². The Morgan fingerprint density at radius 1 is 1.11 bits per heavy atom. The maximum atomic E-state index is 4.65. The Morgan fingerprint density at radius 3 is 2.61 bits per heavy atom. The Bertz CT molecular complexity index is 609. The highest BCUT2D eigenvalue weighted by Crippen LogP contribution is 2.44. The van der Waals surface area contributed by atoms with Gasteiger partial charge in [-0.2, -0.15) is 0 Å². The topological polar surface area (TPSA) is 24.9 Å². The molecule has 0 saturated carbocycles. The summed E-state index contributed by atoms with van der Waals surface area (Å²) in [5.74, 6) is 1.45. The van der Waals surface area contributed by atoms with Crippen molar-refractivity contribution in [2.45, 2.75) is 25.2 Å². The fourth-order valence-electron chi connectivity index (χ4n) is 3.43. The van der Waals surface area contributed by atoms with E-state index in [0.29, 0.717) is 0 Å². The Balaban J connectivity index is 0.000001000. The van der Waals surface area contributed by atoms with Gasteiger partial charge in [0.25, 0.3) is 0 Å². The van der Waals surface area contributed by atoms with Crippen LogP contribution in [0.1, 0.15) is 35.1 Å². The van der Waals surface area contributed by atoms with Crippen molar-refractivity contribution >= 4 is 23.3 Å². The predicted molar refractivity (Wildman–Crippen MR) is 76.7 cm³/mol. The number of aromatic nitrogens is 1. The van der Waals surface area contributed by atoms with E-state index in [1.165, 1.54) is 11.8 Å². The summed E-state index contributed by atoms with van der Waals surface area (Å²) in [6.07, 6.45) is 1.33. The molecule has 1 fully saturated rings. The zero-order valence-corrected chi connectivity index (χ0v) is 11.3. The van der Waals surface area contributed by atoms with Crippen molar-refractivity contribution in [2.75, 3.05) is 13.1 Å². The Morgan fingerprint density at radius 2 is 1.83 bits per heavy atom. The van der Waals surface area contributed by atoms with Crippen LogP contribution in [0.4, 0.5) is 0 Å². The first-order valence-corrected chi connectivity index (χ1v) is 6.43. The lowest BCUT2D eigenvalue weighted by atomic mass is 9.98. The molecule has 2 aliphatic rings. The van der Waals surface area contributed by atoms with E-state index in [9.17, 15) is 0 Å². The number of hydrogen-bond donors (Lipinski definition) is 1. The van der Waals surface area contributed by atoms with E-state index >= 15 is 0 Å². The van der Waals surface area contributed by atoms with E-state index in [1.807, 2.05) is 0 Å². The Kier molecular flexibility index (Phi) is 2.80. The summed E-state index contributed by atoms with van der Waals surface area (Å²) >= 11 is 0. The summed E-state index contributed by atoms with van der Waals surface area (Å²) in [6, 6.07) is 9.01. The van der Waals surface area contributed by atoms with Crippen molar-refractivity contribution in [3.63, 3.8) is 0 Å². The third-order valence-electron chi connectivity index (χ3n) is 4.26. The van der Waals surface area contributed by atoms with Crippen LogP contribution < -0.4 is 5.32 Å². The van der Waals surface area contributed by atoms with Gasteiger partial charge in [0.05, 0.1) is 5.52 Å². The van der Waals surface area contributed by atoms with Gasteiger partial charge < -0.3 is 5.32 Å². The van der Waals surface area contributed by atoms with Gasteiger partial charge in [0.2, 0.25) is 0 Å². The fraction of sp³-hybridized carbons (Fsp3) is 0.400. The minimum atomic E-state index is 0. The van der Waals surface area contributed by atoms with Crippen LogP contribution >= 0.6 is 12.4 Å². The van der Waals surface area contributed by atoms with Gasteiger partial charge in [0, 0.05) is 24.2 Å². The van der Waals surface area contributed by atoms with Gasteiger partial charge in [-0.05, 0) is 54.5 Å². The minimum Gasteiger partial charge on any atom is -0.316 e. The van der Waals surface area contributed by atoms with E-state index in [4.69, 9.17) is 0 Å². The smallest absolute Gasteiger partial charge is 0.0708 e. The summed E-state index contributed by atoms with van der Waals surface area (Å²) in [5, 5.41) is 4.83. The number of pyridine rings is 1. The monoisotopic (exact) mass is 260 g/mol. The lowest BCUT2D eigenvalue weighted by Crippen LogP contribution is -2.28. The average Bonchev–Trinajstić information content (AvgIpc) is 2.59. The van der Waals surface area contributed by atoms with E-state index < -0.39 is 0 Å². The molecule has 1 aliphatic carbocycles. The van der Waals surface area contributed by atoms with Crippen molar-refractivity contribution in [1.82, 2.24) is 10.3 Å². The zero-order valence-electron chi connectivity index (χ0n) is 10.4. The summed E-state index contributed by atoms with van der Waals surface area (Å²) in [5.41, 5.74) is 5.39. The first-order valence-electron chi connectivity index (χ1n) is 6.43. The molecule has 4 rings (SSSR count). The second-order valence-corrected chi connectivity index (χ2v) is 5.41. The summed E-state index contributed by atoms with van der Waals surface area (Å²) < 4.78 is 0. The molecule has 0 amide bonds. The predicted octanol–water partition coefficient (Wildman–Crippen LogP) is 3.14. The molecule has 1 N–H and O–H groups in total. The van der Waals surface area contributed by atoms with Crippen LogP contribution in [0.15, 0.2) is 24.3 Å². The molecule has 1 aromatic heterocycles. The molecule has 1 aromatic carbocycles. The number of fused-ring (bicyclic) bond motifs is 6. The second kappa shape index (κ2) is 4.22. The van der Waals surface area contributed by atoms with Gasteiger partial charge in [0.1, 0.15) is 0 Å². The molecule has 1 aliphatic heterocycles. The van der Waals surface area contributed by atoms with Crippen LogP contribution in [0.3, 0.4) is 0 Å². The fourth-order valence-corrected chi connectivity index (χ4v) is 3.43.